The molecule has 1 aromatic heterocycles. The summed E-state index contributed by atoms with van der Waals surface area (Å²) in [6.07, 6.45) is 2.50. The number of aryl methyl sites for hydroxylation is 1. The fraction of sp³-hybridized carbons (Fsp3) is 0.444. The number of aromatic nitrogens is 2. The summed E-state index contributed by atoms with van der Waals surface area (Å²) >= 11 is 0. The number of hydrogen-bond donors (Lipinski definition) is 4. The maximum Gasteiger partial charge on any atom is 0.404 e. The van der Waals surface area contributed by atoms with Gasteiger partial charge in [-0.05, 0) is 62.8 Å². The van der Waals surface area contributed by atoms with Crippen LogP contribution < -0.4 is 26.0 Å². The van der Waals surface area contributed by atoms with Gasteiger partial charge in [0.25, 0.3) is 0 Å². The number of nitrogens with zero attached hydrogens (tertiary/aromatic N) is 2. The number of anilines is 2. The molecule has 0 bridgehead atoms. The fourth-order valence-corrected chi connectivity index (χ4v) is 5.18. The van der Waals surface area contributed by atoms with E-state index in [9.17, 15) is 14.4 Å². The van der Waals surface area contributed by atoms with Crippen molar-refractivity contribution >= 4 is 34.4 Å². The largest absolute Gasteiger partial charge is 0.496 e. The minimum Gasteiger partial charge on any atom is -0.496 e. The summed E-state index contributed by atoms with van der Waals surface area (Å²) in [5.41, 5.74) is 4.09. The van der Waals surface area contributed by atoms with Crippen molar-refractivity contribution < 1.29 is 19.4 Å². The van der Waals surface area contributed by atoms with Crippen LogP contribution in [0.1, 0.15) is 43.7 Å². The molecule has 0 spiro atoms. The van der Waals surface area contributed by atoms with Crippen LogP contribution in [0.3, 0.4) is 0 Å². The molecule has 4 rings (SSSR count). The summed E-state index contributed by atoms with van der Waals surface area (Å²) in [5, 5.41) is 14.1. The third kappa shape index (κ3) is 5.90. The van der Waals surface area contributed by atoms with Crippen LogP contribution in [0, 0.1) is 12.8 Å². The van der Waals surface area contributed by atoms with Gasteiger partial charge in [0.05, 0.1) is 23.8 Å². The number of benzene rings is 2. The third-order valence-corrected chi connectivity index (χ3v) is 7.20. The van der Waals surface area contributed by atoms with Crippen LogP contribution in [0.2, 0.25) is 0 Å². The van der Waals surface area contributed by atoms with E-state index in [1.807, 2.05) is 59.8 Å². The highest BCUT2D eigenvalue weighted by Gasteiger charge is 2.29. The molecule has 0 saturated heterocycles. The van der Waals surface area contributed by atoms with Crippen LogP contribution in [0.5, 0.6) is 5.75 Å². The number of carbonyl (C=O) groups is 2. The second-order valence-electron chi connectivity index (χ2n) is 9.66. The number of imidazole rings is 1. The molecule has 1 aliphatic carbocycles. The van der Waals surface area contributed by atoms with Crippen molar-refractivity contribution in [3.05, 3.63) is 52.4 Å². The molecule has 198 valence electrons. The minimum absolute atomic E-state index is 0.00284. The maximum atomic E-state index is 13.0. The quantitative estimate of drug-likeness (QED) is 0.321. The van der Waals surface area contributed by atoms with E-state index in [0.29, 0.717) is 32.4 Å². The summed E-state index contributed by atoms with van der Waals surface area (Å²) in [6, 6.07) is 11.5. The Hall–Kier alpha value is -3.95. The van der Waals surface area contributed by atoms with Gasteiger partial charge < -0.3 is 30.4 Å². The Morgan fingerprint density at radius 2 is 1.95 bits per heavy atom. The number of aromatic amines is 1. The number of para-hydroxylation sites is 1. The highest BCUT2D eigenvalue weighted by atomic mass is 16.5. The predicted octanol–water partition coefficient (Wildman–Crippen LogP) is 4.11. The first-order chi connectivity index (χ1) is 17.8. The average Bonchev–Trinajstić information content (AvgIpc) is 3.23. The zero-order valence-electron chi connectivity index (χ0n) is 21.5. The lowest BCUT2D eigenvalue weighted by Crippen LogP contribution is -2.31. The van der Waals surface area contributed by atoms with Crippen molar-refractivity contribution in [2.24, 2.45) is 5.92 Å². The van der Waals surface area contributed by atoms with Crippen molar-refractivity contribution in [3.63, 3.8) is 0 Å². The number of hydrogen-bond acceptors (Lipinski definition) is 5. The van der Waals surface area contributed by atoms with Crippen molar-refractivity contribution in [2.75, 3.05) is 37.5 Å². The molecule has 0 atom stereocenters. The number of ether oxygens (including phenoxy) is 1. The molecule has 37 heavy (non-hydrogen) atoms. The van der Waals surface area contributed by atoms with Crippen molar-refractivity contribution in [1.29, 1.82) is 0 Å². The summed E-state index contributed by atoms with van der Waals surface area (Å²) in [7, 11) is 3.54. The van der Waals surface area contributed by atoms with Crippen molar-refractivity contribution in [1.82, 2.24) is 14.9 Å². The molecular formula is C27H35N5O5. The lowest BCUT2D eigenvalue weighted by molar-refractivity contribution is -0.121. The normalized spacial score (nSPS) is 17.4. The van der Waals surface area contributed by atoms with Crippen LogP contribution in [0.4, 0.5) is 16.2 Å². The Bertz CT molecular complexity index is 1320. The Balaban J connectivity index is 1.42. The lowest BCUT2D eigenvalue weighted by Gasteiger charge is -2.28. The number of carboxylic acid groups (broad SMARTS) is 1. The molecule has 1 fully saturated rings. The molecule has 1 heterocycles. The third-order valence-electron chi connectivity index (χ3n) is 7.20. The molecule has 0 unspecified atom stereocenters. The second kappa shape index (κ2) is 11.4. The van der Waals surface area contributed by atoms with Gasteiger partial charge in [-0.3, -0.25) is 9.36 Å². The topological polar surface area (TPSA) is 129 Å². The van der Waals surface area contributed by atoms with E-state index in [1.54, 1.807) is 7.11 Å². The maximum absolute atomic E-state index is 13.0. The molecule has 2 aromatic carbocycles. The van der Waals surface area contributed by atoms with Gasteiger partial charge in [0.1, 0.15) is 5.75 Å². The second-order valence-corrected chi connectivity index (χ2v) is 9.66. The van der Waals surface area contributed by atoms with E-state index < -0.39 is 6.09 Å². The Kier molecular flexibility index (Phi) is 8.05. The highest BCUT2D eigenvalue weighted by molar-refractivity contribution is 5.93. The molecule has 1 aliphatic rings. The number of carbonyl (C=O) groups excluding carboxylic acids is 1. The van der Waals surface area contributed by atoms with Gasteiger partial charge in [-0.1, -0.05) is 12.1 Å². The van der Waals surface area contributed by atoms with E-state index in [-0.39, 0.29) is 23.6 Å². The molecule has 2 amide bonds. The standard InChI is InChI=1S/C27H35N5O5/c1-17-8-11-19(16-23(17)37-3)29-25(33)18-9-12-20(13-10-18)32-22-7-4-6-21(24(22)30-26(32)34)31(2)15-5-14-28-27(35)36/h4,6-8,11,16,18,20,28H,5,9-10,12-15H2,1-3H3,(H,29,33)(H,30,34)(H,35,36)/t18-,20+. The first kappa shape index (κ1) is 26.1. The number of H-pyrrole nitrogens is 1. The molecular weight excluding hydrogens is 474 g/mol. The molecule has 10 heteroatoms. The smallest absolute Gasteiger partial charge is 0.404 e. The zero-order chi connectivity index (χ0) is 26.5. The molecule has 3 aromatic rings. The summed E-state index contributed by atoms with van der Waals surface area (Å²) in [4.78, 5) is 41.6. The lowest BCUT2D eigenvalue weighted by atomic mass is 9.85. The summed E-state index contributed by atoms with van der Waals surface area (Å²) in [6.45, 7) is 2.96. The van der Waals surface area contributed by atoms with Gasteiger partial charge in [0.15, 0.2) is 0 Å². The van der Waals surface area contributed by atoms with Gasteiger partial charge in [-0.25, -0.2) is 9.59 Å². The Morgan fingerprint density at radius 1 is 1.19 bits per heavy atom. The number of nitrogens with one attached hydrogen (secondary N) is 3. The molecule has 4 N–H and O–H groups in total. The number of fused-ring (bicyclic) bond motifs is 1. The number of methoxy groups -OCH3 is 1. The van der Waals surface area contributed by atoms with E-state index in [2.05, 4.69) is 15.6 Å². The summed E-state index contributed by atoms with van der Waals surface area (Å²) < 4.78 is 7.19. The first-order valence-electron chi connectivity index (χ1n) is 12.6. The number of rotatable bonds is 9. The van der Waals surface area contributed by atoms with Gasteiger partial charge in [-0.15, -0.1) is 0 Å². The molecule has 0 radical (unpaired) electrons. The van der Waals surface area contributed by atoms with E-state index in [0.717, 1.165) is 46.6 Å². The predicted molar refractivity (Wildman–Crippen MR) is 144 cm³/mol. The van der Waals surface area contributed by atoms with Crippen molar-refractivity contribution in [2.45, 2.75) is 45.1 Å². The summed E-state index contributed by atoms with van der Waals surface area (Å²) in [5.74, 6) is 0.629. The van der Waals surface area contributed by atoms with Crippen LogP contribution in [-0.4, -0.2) is 53.9 Å². The van der Waals surface area contributed by atoms with Gasteiger partial charge in [0, 0.05) is 43.9 Å². The van der Waals surface area contributed by atoms with E-state index >= 15 is 0 Å². The van der Waals surface area contributed by atoms with E-state index in [4.69, 9.17) is 9.84 Å². The van der Waals surface area contributed by atoms with Gasteiger partial charge in [-0.2, -0.15) is 0 Å². The van der Waals surface area contributed by atoms with Gasteiger partial charge in [0.2, 0.25) is 5.91 Å². The van der Waals surface area contributed by atoms with E-state index in [1.165, 1.54) is 0 Å². The van der Waals surface area contributed by atoms with Crippen molar-refractivity contribution in [3.8, 4) is 5.75 Å². The number of amides is 2. The van der Waals surface area contributed by atoms with Crippen LogP contribution >= 0.6 is 0 Å². The van der Waals surface area contributed by atoms with Crippen LogP contribution in [0.15, 0.2) is 41.2 Å². The van der Waals surface area contributed by atoms with Crippen LogP contribution in [-0.2, 0) is 4.79 Å². The highest BCUT2D eigenvalue weighted by Crippen LogP contribution is 2.35. The first-order valence-corrected chi connectivity index (χ1v) is 12.6. The average molecular weight is 510 g/mol. The molecule has 1 saturated carbocycles. The van der Waals surface area contributed by atoms with Crippen LogP contribution in [0.25, 0.3) is 11.0 Å². The Labute approximate surface area is 215 Å². The minimum atomic E-state index is -1.03. The molecule has 0 aliphatic heterocycles. The SMILES string of the molecule is COc1cc(NC(=O)[C@H]2CC[C@@H](n3c(=O)[nH]c4c(N(C)CCCNC(=O)O)cccc43)CC2)ccc1C. The molecule has 10 nitrogen and oxygen atoms in total. The fourth-order valence-electron chi connectivity index (χ4n) is 5.18. The monoisotopic (exact) mass is 509 g/mol. The Morgan fingerprint density at radius 3 is 2.65 bits per heavy atom. The zero-order valence-corrected chi connectivity index (χ0v) is 21.5. The van der Waals surface area contributed by atoms with Gasteiger partial charge >= 0.3 is 11.8 Å².